The molecule has 47 heavy (non-hydrogen) atoms. The van der Waals surface area contributed by atoms with Gasteiger partial charge in [0.2, 0.25) is 0 Å². The summed E-state index contributed by atoms with van der Waals surface area (Å²) in [4.78, 5) is 2.34. The van der Waals surface area contributed by atoms with E-state index in [-0.39, 0.29) is 0 Å². The predicted molar refractivity (Wildman–Crippen MR) is 196 cm³/mol. The molecular weight excluding hydrogens is 574 g/mol. The van der Waals surface area contributed by atoms with Crippen LogP contribution in [0.15, 0.2) is 173 Å². The maximum Gasteiger partial charge on any atom is 0.143 e. The molecule has 0 spiro atoms. The van der Waals surface area contributed by atoms with Crippen LogP contribution in [0.1, 0.15) is 0 Å². The maximum absolute atomic E-state index is 6.48. The second-order valence-electron chi connectivity index (χ2n) is 12.1. The van der Waals surface area contributed by atoms with Crippen molar-refractivity contribution < 1.29 is 8.83 Å². The fourth-order valence-electron chi connectivity index (χ4n) is 7.25. The Morgan fingerprint density at radius 1 is 0.362 bits per heavy atom. The Kier molecular flexibility index (Phi) is 5.57. The first kappa shape index (κ1) is 26.0. The lowest BCUT2D eigenvalue weighted by Crippen LogP contribution is -2.10. The minimum Gasteiger partial charge on any atom is -0.456 e. The third kappa shape index (κ3) is 4.00. The quantitative estimate of drug-likeness (QED) is 0.201. The van der Waals surface area contributed by atoms with Gasteiger partial charge in [-0.25, -0.2) is 0 Å². The van der Waals surface area contributed by atoms with Crippen LogP contribution in [-0.2, 0) is 0 Å². The van der Waals surface area contributed by atoms with Crippen molar-refractivity contribution in [3.63, 3.8) is 0 Å². The Labute approximate surface area is 270 Å². The van der Waals surface area contributed by atoms with Crippen molar-refractivity contribution in [1.82, 2.24) is 0 Å². The van der Waals surface area contributed by atoms with Crippen LogP contribution in [0.2, 0.25) is 0 Å². The normalized spacial score (nSPS) is 11.8. The standard InChI is InChI=1S/C44H27NO2/c1-2-10-31(11-3-1)45(39-15-8-14-36-34(39)25-26-41-43(36)38-13-6-7-16-40(38)46-41)32-21-17-28(18-22-32)30-20-23-35-37-24-19-29-9-4-5-12-33(29)44(37)47-42(35)27-30/h1-27H. The summed E-state index contributed by atoms with van der Waals surface area (Å²) in [6.45, 7) is 0. The largest absolute Gasteiger partial charge is 0.456 e. The molecule has 8 aromatic carbocycles. The van der Waals surface area contributed by atoms with Gasteiger partial charge in [-0.2, -0.15) is 0 Å². The Morgan fingerprint density at radius 2 is 1.06 bits per heavy atom. The molecule has 0 fully saturated rings. The highest BCUT2D eigenvalue weighted by atomic mass is 16.3. The highest BCUT2D eigenvalue weighted by Crippen LogP contribution is 2.43. The molecular formula is C44H27NO2. The van der Waals surface area contributed by atoms with Gasteiger partial charge in [0.25, 0.3) is 0 Å². The number of hydrogen-bond donors (Lipinski definition) is 0. The number of benzene rings is 8. The van der Waals surface area contributed by atoms with Crippen molar-refractivity contribution in [3.05, 3.63) is 164 Å². The zero-order valence-electron chi connectivity index (χ0n) is 25.4. The lowest BCUT2D eigenvalue weighted by atomic mass is 10.0. The van der Waals surface area contributed by atoms with E-state index in [1.807, 2.05) is 12.1 Å². The summed E-state index contributed by atoms with van der Waals surface area (Å²) in [6, 6.07) is 57.8. The van der Waals surface area contributed by atoms with Gasteiger partial charge in [-0.1, -0.05) is 97.1 Å². The summed E-state index contributed by atoms with van der Waals surface area (Å²) in [5.74, 6) is 0. The molecule has 0 aliphatic carbocycles. The first-order chi connectivity index (χ1) is 23.3. The molecule has 2 aromatic heterocycles. The number of fused-ring (bicyclic) bond motifs is 10. The molecule has 0 bridgehead atoms. The van der Waals surface area contributed by atoms with Gasteiger partial charge in [0.15, 0.2) is 0 Å². The van der Waals surface area contributed by atoms with Crippen LogP contribution in [0.4, 0.5) is 17.1 Å². The van der Waals surface area contributed by atoms with Crippen molar-refractivity contribution >= 4 is 82.5 Å². The van der Waals surface area contributed by atoms with Gasteiger partial charge in [0.1, 0.15) is 22.3 Å². The minimum absolute atomic E-state index is 0.901. The van der Waals surface area contributed by atoms with E-state index >= 15 is 0 Å². The van der Waals surface area contributed by atoms with Crippen LogP contribution in [0, 0.1) is 0 Å². The van der Waals surface area contributed by atoms with Gasteiger partial charge < -0.3 is 13.7 Å². The molecule has 0 aliphatic rings. The molecule has 3 nitrogen and oxygen atoms in total. The molecule has 0 aliphatic heterocycles. The maximum atomic E-state index is 6.48. The van der Waals surface area contributed by atoms with E-state index in [2.05, 4.69) is 157 Å². The lowest BCUT2D eigenvalue weighted by molar-refractivity contribution is 0.669. The van der Waals surface area contributed by atoms with Gasteiger partial charge in [-0.3, -0.25) is 0 Å². The van der Waals surface area contributed by atoms with Crippen molar-refractivity contribution in [2.45, 2.75) is 0 Å². The third-order valence-electron chi connectivity index (χ3n) is 9.45. The Hall–Kier alpha value is -6.32. The van der Waals surface area contributed by atoms with Gasteiger partial charge in [-0.15, -0.1) is 0 Å². The minimum atomic E-state index is 0.901. The smallest absolute Gasteiger partial charge is 0.143 e. The van der Waals surface area contributed by atoms with Gasteiger partial charge in [0, 0.05) is 43.7 Å². The Bertz CT molecular complexity index is 2790. The number of para-hydroxylation sites is 2. The van der Waals surface area contributed by atoms with Crippen LogP contribution < -0.4 is 4.90 Å². The number of hydrogen-bond acceptors (Lipinski definition) is 3. The SMILES string of the molecule is c1ccc(N(c2ccc(-c3ccc4c(c3)oc3c5ccccc5ccc43)cc2)c2cccc3c2ccc2oc4ccccc4c23)cc1. The lowest BCUT2D eigenvalue weighted by Gasteiger charge is -2.27. The van der Waals surface area contributed by atoms with Crippen molar-refractivity contribution in [2.75, 3.05) is 4.90 Å². The van der Waals surface area contributed by atoms with Gasteiger partial charge in [-0.05, 0) is 88.6 Å². The zero-order valence-corrected chi connectivity index (χ0v) is 25.4. The van der Waals surface area contributed by atoms with Crippen LogP contribution in [0.3, 0.4) is 0 Å². The van der Waals surface area contributed by atoms with Crippen LogP contribution in [-0.4, -0.2) is 0 Å². The van der Waals surface area contributed by atoms with E-state index in [0.717, 1.165) is 77.5 Å². The summed E-state index contributed by atoms with van der Waals surface area (Å²) in [5, 5.41) is 9.24. The molecule has 0 amide bonds. The van der Waals surface area contributed by atoms with E-state index in [4.69, 9.17) is 8.83 Å². The number of nitrogens with zero attached hydrogens (tertiary/aromatic N) is 1. The monoisotopic (exact) mass is 601 g/mol. The first-order valence-electron chi connectivity index (χ1n) is 15.9. The number of anilines is 3. The van der Waals surface area contributed by atoms with Crippen LogP contribution in [0.5, 0.6) is 0 Å². The topological polar surface area (TPSA) is 29.5 Å². The van der Waals surface area contributed by atoms with Crippen molar-refractivity contribution in [2.24, 2.45) is 0 Å². The highest BCUT2D eigenvalue weighted by molar-refractivity contribution is 6.21. The summed E-state index contributed by atoms with van der Waals surface area (Å²) in [6.07, 6.45) is 0. The Balaban J connectivity index is 1.10. The molecule has 0 saturated carbocycles. The fourth-order valence-corrected chi connectivity index (χ4v) is 7.25. The van der Waals surface area contributed by atoms with Crippen LogP contribution in [0.25, 0.3) is 76.5 Å². The van der Waals surface area contributed by atoms with E-state index in [9.17, 15) is 0 Å². The summed E-state index contributed by atoms with van der Waals surface area (Å²) >= 11 is 0. The summed E-state index contributed by atoms with van der Waals surface area (Å²) in [7, 11) is 0. The Morgan fingerprint density at radius 3 is 1.96 bits per heavy atom. The zero-order chi connectivity index (χ0) is 30.9. The summed E-state index contributed by atoms with van der Waals surface area (Å²) < 4.78 is 12.7. The van der Waals surface area contributed by atoms with E-state index in [1.54, 1.807) is 0 Å². The van der Waals surface area contributed by atoms with Crippen molar-refractivity contribution in [3.8, 4) is 11.1 Å². The number of furan rings is 2. The molecule has 220 valence electrons. The van der Waals surface area contributed by atoms with E-state index in [0.29, 0.717) is 0 Å². The molecule has 3 heteroatoms. The van der Waals surface area contributed by atoms with Gasteiger partial charge >= 0.3 is 0 Å². The summed E-state index contributed by atoms with van der Waals surface area (Å²) in [5.41, 5.74) is 9.21. The second kappa shape index (κ2) is 10.1. The van der Waals surface area contributed by atoms with E-state index < -0.39 is 0 Å². The molecule has 0 radical (unpaired) electrons. The predicted octanol–water partition coefficient (Wildman–Crippen LogP) is 12.9. The molecule has 2 heterocycles. The first-order valence-corrected chi connectivity index (χ1v) is 15.9. The molecule has 0 atom stereocenters. The average Bonchev–Trinajstić information content (AvgIpc) is 3.71. The molecule has 0 saturated heterocycles. The van der Waals surface area contributed by atoms with Crippen LogP contribution >= 0.6 is 0 Å². The fraction of sp³-hybridized carbons (Fsp3) is 0. The average molecular weight is 602 g/mol. The molecule has 0 unspecified atom stereocenters. The molecule has 10 rings (SSSR count). The number of rotatable bonds is 4. The van der Waals surface area contributed by atoms with E-state index in [1.165, 1.54) is 16.2 Å². The molecule has 10 aromatic rings. The molecule has 0 N–H and O–H groups in total. The van der Waals surface area contributed by atoms with Gasteiger partial charge in [0.05, 0.1) is 5.69 Å². The second-order valence-corrected chi connectivity index (χ2v) is 12.1. The van der Waals surface area contributed by atoms with Crippen molar-refractivity contribution in [1.29, 1.82) is 0 Å². The third-order valence-corrected chi connectivity index (χ3v) is 9.45. The highest BCUT2D eigenvalue weighted by Gasteiger charge is 2.18.